The first-order valence-electron chi connectivity index (χ1n) is 9.33. The average molecular weight is 424 g/mol. The van der Waals surface area contributed by atoms with Crippen LogP contribution in [-0.4, -0.2) is 32.1 Å². The first-order valence-corrected chi connectivity index (χ1v) is 9.33. The quantitative estimate of drug-likeness (QED) is 0.447. The molecule has 2 rings (SSSR count). The second kappa shape index (κ2) is 17.7. The molecule has 0 saturated heterocycles. The predicted octanol–water partition coefficient (Wildman–Crippen LogP) is -1.42. The molecule has 0 atom stereocenters. The van der Waals surface area contributed by atoms with Crippen molar-refractivity contribution in [1.82, 2.24) is 9.13 Å². The highest BCUT2D eigenvalue weighted by atomic mass is 16.4. The van der Waals surface area contributed by atoms with Crippen molar-refractivity contribution >= 4 is 17.9 Å². The zero-order valence-electron chi connectivity index (χ0n) is 18.2. The van der Waals surface area contributed by atoms with Crippen LogP contribution in [0.5, 0.6) is 0 Å². The molecule has 0 aliphatic rings. The van der Waals surface area contributed by atoms with Crippen LogP contribution in [-0.2, 0) is 41.6 Å². The SMILES string of the molecule is CC(=O)O.CCCCn1cc[n+](C)c1.CCn1cc[n+](C)c1.O=C([O-])/C=C/C(=O)[O-]. The third-order valence-electron chi connectivity index (χ3n) is 3.14. The second-order valence-electron chi connectivity index (χ2n) is 6.07. The predicted molar refractivity (Wildman–Crippen MR) is 104 cm³/mol. The van der Waals surface area contributed by atoms with Gasteiger partial charge in [0, 0.05) is 6.92 Å². The number of imidazole rings is 2. The van der Waals surface area contributed by atoms with Gasteiger partial charge in [0.2, 0.25) is 12.7 Å². The fourth-order valence-electron chi connectivity index (χ4n) is 1.80. The Balaban J connectivity index is 0. The van der Waals surface area contributed by atoms with Crippen molar-refractivity contribution in [2.24, 2.45) is 14.1 Å². The van der Waals surface area contributed by atoms with E-state index in [-0.39, 0.29) is 0 Å². The minimum atomic E-state index is -1.55. The average Bonchev–Trinajstić information content (AvgIpc) is 3.26. The monoisotopic (exact) mass is 424 g/mol. The topological polar surface area (TPSA) is 135 Å². The number of carbonyl (C=O) groups is 3. The van der Waals surface area contributed by atoms with Crippen molar-refractivity contribution < 1.29 is 38.8 Å². The molecule has 0 aliphatic carbocycles. The number of nitrogens with zero attached hydrogens (tertiary/aromatic N) is 4. The summed E-state index contributed by atoms with van der Waals surface area (Å²) < 4.78 is 8.43. The highest BCUT2D eigenvalue weighted by Crippen LogP contribution is 1.91. The first kappa shape index (κ1) is 28.8. The van der Waals surface area contributed by atoms with Gasteiger partial charge in [-0.3, -0.25) is 4.79 Å². The molecule has 0 saturated carbocycles. The summed E-state index contributed by atoms with van der Waals surface area (Å²) in [6.07, 6.45) is 15.7. The van der Waals surface area contributed by atoms with Gasteiger partial charge in [-0.05, 0) is 25.5 Å². The molecule has 30 heavy (non-hydrogen) atoms. The molecule has 0 aliphatic heterocycles. The van der Waals surface area contributed by atoms with Crippen LogP contribution in [0.1, 0.15) is 33.6 Å². The van der Waals surface area contributed by atoms with E-state index in [1.54, 1.807) is 0 Å². The van der Waals surface area contributed by atoms with Crippen LogP contribution in [0.2, 0.25) is 0 Å². The van der Waals surface area contributed by atoms with Gasteiger partial charge in [-0.15, -0.1) is 0 Å². The number of hydrogen-bond acceptors (Lipinski definition) is 5. The van der Waals surface area contributed by atoms with Gasteiger partial charge in [0.1, 0.15) is 24.8 Å². The third-order valence-corrected chi connectivity index (χ3v) is 3.14. The Morgan fingerprint density at radius 1 is 0.933 bits per heavy atom. The van der Waals surface area contributed by atoms with Crippen molar-refractivity contribution in [2.75, 3.05) is 0 Å². The van der Waals surface area contributed by atoms with E-state index in [9.17, 15) is 19.8 Å². The Kier molecular flexibility index (Phi) is 16.9. The van der Waals surface area contributed by atoms with Crippen molar-refractivity contribution in [1.29, 1.82) is 0 Å². The molecule has 0 radical (unpaired) electrons. The van der Waals surface area contributed by atoms with E-state index in [0.717, 1.165) is 20.0 Å². The Bertz CT molecular complexity index is 760. The normalized spacial score (nSPS) is 9.37. The van der Waals surface area contributed by atoms with Gasteiger partial charge < -0.3 is 24.9 Å². The fraction of sp³-hybridized carbons (Fsp3) is 0.450. The first-order chi connectivity index (χ1) is 14.0. The van der Waals surface area contributed by atoms with E-state index in [0.29, 0.717) is 12.2 Å². The molecule has 0 spiro atoms. The van der Waals surface area contributed by atoms with Crippen LogP contribution >= 0.6 is 0 Å². The largest absolute Gasteiger partial charge is 0.545 e. The number of unbranched alkanes of at least 4 members (excludes halogenated alkanes) is 1. The van der Waals surface area contributed by atoms with E-state index < -0.39 is 17.9 Å². The molecule has 0 aromatic carbocycles. The molecule has 2 heterocycles. The second-order valence-corrected chi connectivity index (χ2v) is 6.07. The Morgan fingerprint density at radius 2 is 1.33 bits per heavy atom. The number of hydrogen-bond donors (Lipinski definition) is 1. The Labute approximate surface area is 176 Å². The highest BCUT2D eigenvalue weighted by molar-refractivity contribution is 5.87. The number of carbonyl (C=O) groups excluding carboxylic acids is 2. The lowest BCUT2D eigenvalue weighted by Crippen LogP contribution is -2.23. The van der Waals surface area contributed by atoms with Gasteiger partial charge in [0.15, 0.2) is 0 Å². The molecule has 10 heteroatoms. The summed E-state index contributed by atoms with van der Waals surface area (Å²) in [5.74, 6) is -3.93. The van der Waals surface area contributed by atoms with Crippen LogP contribution in [0.3, 0.4) is 0 Å². The lowest BCUT2D eigenvalue weighted by Gasteiger charge is -1.90. The molecule has 10 nitrogen and oxygen atoms in total. The van der Waals surface area contributed by atoms with Crippen LogP contribution < -0.4 is 19.3 Å². The van der Waals surface area contributed by atoms with E-state index >= 15 is 0 Å². The minimum absolute atomic E-state index is 0.384. The van der Waals surface area contributed by atoms with E-state index in [4.69, 9.17) is 9.90 Å². The van der Waals surface area contributed by atoms with E-state index in [1.165, 1.54) is 12.8 Å². The summed E-state index contributed by atoms with van der Waals surface area (Å²) >= 11 is 0. The maximum atomic E-state index is 9.41. The lowest BCUT2D eigenvalue weighted by atomic mass is 10.3. The fourth-order valence-corrected chi connectivity index (χ4v) is 1.80. The van der Waals surface area contributed by atoms with Crippen LogP contribution in [0.15, 0.2) is 49.6 Å². The number of aliphatic carboxylic acids is 3. The maximum Gasteiger partial charge on any atom is 0.300 e. The van der Waals surface area contributed by atoms with Crippen LogP contribution in [0.4, 0.5) is 0 Å². The number of aromatic nitrogens is 4. The smallest absolute Gasteiger partial charge is 0.300 e. The molecular weight excluding hydrogens is 392 g/mol. The number of rotatable bonds is 6. The lowest BCUT2D eigenvalue weighted by molar-refractivity contribution is -0.671. The van der Waals surface area contributed by atoms with E-state index in [2.05, 4.69) is 58.8 Å². The van der Waals surface area contributed by atoms with Crippen molar-refractivity contribution in [2.45, 2.75) is 46.7 Å². The zero-order valence-corrected chi connectivity index (χ0v) is 18.2. The molecule has 1 N–H and O–H groups in total. The third kappa shape index (κ3) is 20.9. The van der Waals surface area contributed by atoms with Gasteiger partial charge in [0.25, 0.3) is 5.97 Å². The standard InChI is InChI=1S/C8H15N2.C6H11N2.C4H4O4.C2H4O2/c1-3-4-5-10-7-6-9(2)8-10;1-3-8-5-4-7(2)6-8;5-3(6)1-2-4(7)8;1-2(3)4/h6-8H,3-5H2,1-2H3;4-6H,3H2,1-2H3;1-2H,(H,5,6)(H,7,8);1H3,(H,3,4)/q2*+1;;/p-2/b;;2-1+;. The van der Waals surface area contributed by atoms with Gasteiger partial charge >= 0.3 is 0 Å². The molecule has 168 valence electrons. The van der Waals surface area contributed by atoms with Crippen molar-refractivity contribution in [3.63, 3.8) is 0 Å². The Hall–Kier alpha value is -3.43. The van der Waals surface area contributed by atoms with Gasteiger partial charge in [-0.2, -0.15) is 0 Å². The van der Waals surface area contributed by atoms with Gasteiger partial charge in [-0.1, -0.05) is 13.3 Å². The Morgan fingerprint density at radius 3 is 1.57 bits per heavy atom. The summed E-state index contributed by atoms with van der Waals surface area (Å²) in [4.78, 5) is 27.8. The minimum Gasteiger partial charge on any atom is -0.545 e. The summed E-state index contributed by atoms with van der Waals surface area (Å²) in [7, 11) is 4.06. The molecule has 0 bridgehead atoms. The van der Waals surface area contributed by atoms with Gasteiger partial charge in [0.05, 0.1) is 39.1 Å². The summed E-state index contributed by atoms with van der Waals surface area (Å²) in [5, 5.41) is 26.2. The van der Waals surface area contributed by atoms with Gasteiger partial charge in [-0.25, -0.2) is 18.3 Å². The molecule has 0 fully saturated rings. The maximum absolute atomic E-state index is 9.41. The summed E-state index contributed by atoms with van der Waals surface area (Å²) in [6, 6.07) is 0. The molecular formula is C20H32N4O6. The molecule has 2 aromatic heterocycles. The molecule has 0 amide bonds. The highest BCUT2D eigenvalue weighted by Gasteiger charge is 1.96. The molecule has 2 aromatic rings. The zero-order chi connectivity index (χ0) is 23.5. The van der Waals surface area contributed by atoms with Crippen LogP contribution in [0.25, 0.3) is 0 Å². The number of carboxylic acid groups (broad SMARTS) is 3. The van der Waals surface area contributed by atoms with E-state index in [1.807, 2.05) is 24.9 Å². The summed E-state index contributed by atoms with van der Waals surface area (Å²) in [5.41, 5.74) is 0. The van der Waals surface area contributed by atoms with Crippen LogP contribution in [0, 0.1) is 0 Å². The number of carboxylic acids is 3. The summed E-state index contributed by atoms with van der Waals surface area (Å²) in [6.45, 7) is 7.63. The van der Waals surface area contributed by atoms with Crippen molar-refractivity contribution in [3.05, 3.63) is 49.6 Å². The van der Waals surface area contributed by atoms with Crippen molar-refractivity contribution in [3.8, 4) is 0 Å². The number of aryl methyl sites for hydroxylation is 4. The molecule has 0 unspecified atom stereocenters.